The van der Waals surface area contributed by atoms with Gasteiger partial charge in [0, 0.05) is 6.07 Å². The summed E-state index contributed by atoms with van der Waals surface area (Å²) >= 11 is 0. The molecule has 12 heteroatoms. The number of pyridine rings is 1. The predicted octanol–water partition coefficient (Wildman–Crippen LogP) is 4.43. The Bertz CT molecular complexity index is 1500. The van der Waals surface area contributed by atoms with Gasteiger partial charge in [0.15, 0.2) is 5.82 Å². The van der Waals surface area contributed by atoms with Crippen LogP contribution < -0.4 is 18.9 Å². The molecule has 0 saturated heterocycles. The SMILES string of the molecule is COc1cccc(-c2nnc(NS(=O)(=O)[C@@H](C)[C@H](C)c3ccc(F)cc3)n2-c2c(OC)cccc2OC)n1. The average molecular weight is 542 g/mol. The zero-order chi connectivity index (χ0) is 27.4. The minimum absolute atomic E-state index is 0.0921. The monoisotopic (exact) mass is 541 g/mol. The number of benzene rings is 2. The average Bonchev–Trinajstić information content (AvgIpc) is 3.34. The summed E-state index contributed by atoms with van der Waals surface area (Å²) in [5, 5.41) is 7.52. The van der Waals surface area contributed by atoms with Crippen LogP contribution in [0.15, 0.2) is 60.7 Å². The van der Waals surface area contributed by atoms with E-state index in [1.807, 2.05) is 0 Å². The van der Waals surface area contributed by atoms with Crippen LogP contribution in [0.4, 0.5) is 10.3 Å². The summed E-state index contributed by atoms with van der Waals surface area (Å²) in [6.45, 7) is 3.34. The number of nitrogens with zero attached hydrogens (tertiary/aromatic N) is 4. The van der Waals surface area contributed by atoms with Gasteiger partial charge in [0.05, 0.1) is 26.6 Å². The number of hydrogen-bond acceptors (Lipinski definition) is 8. The Balaban J connectivity index is 1.84. The first-order valence-electron chi connectivity index (χ1n) is 11.7. The van der Waals surface area contributed by atoms with Crippen molar-refractivity contribution in [3.05, 3.63) is 72.0 Å². The standard InChI is InChI=1S/C26H28FN5O5S/c1-16(18-12-14-19(27)15-13-18)17(2)38(33,34)31-26-30-29-25(20-8-6-11-23(28-20)37-5)32(26)24-21(35-3)9-7-10-22(24)36-4/h6-17H,1-5H3,(H,30,31)/t16-,17-/m0/s1. The first-order valence-corrected chi connectivity index (χ1v) is 13.2. The molecule has 10 nitrogen and oxygen atoms in total. The lowest BCUT2D eigenvalue weighted by atomic mass is 9.98. The molecule has 0 spiro atoms. The molecule has 2 aromatic carbocycles. The largest absolute Gasteiger partial charge is 0.494 e. The van der Waals surface area contributed by atoms with Crippen molar-refractivity contribution >= 4 is 16.0 Å². The third kappa shape index (κ3) is 5.25. The number of methoxy groups -OCH3 is 3. The van der Waals surface area contributed by atoms with Gasteiger partial charge in [-0.05, 0) is 48.7 Å². The molecule has 0 bridgehead atoms. The number of anilines is 1. The number of aromatic nitrogens is 4. The Kier molecular flexibility index (Phi) is 7.81. The lowest BCUT2D eigenvalue weighted by Crippen LogP contribution is -2.30. The van der Waals surface area contributed by atoms with Crippen molar-refractivity contribution in [1.29, 1.82) is 0 Å². The molecule has 200 valence electrons. The summed E-state index contributed by atoms with van der Waals surface area (Å²) in [4.78, 5) is 4.44. The second kappa shape index (κ2) is 11.1. The molecule has 2 atom stereocenters. The molecular formula is C26H28FN5O5S. The molecule has 2 aromatic heterocycles. The molecule has 4 rings (SSSR count). The molecular weight excluding hydrogens is 513 g/mol. The fraction of sp³-hybridized carbons (Fsp3) is 0.269. The van der Waals surface area contributed by atoms with Gasteiger partial charge in [0.2, 0.25) is 21.9 Å². The van der Waals surface area contributed by atoms with Gasteiger partial charge in [0.1, 0.15) is 28.7 Å². The highest BCUT2D eigenvalue weighted by molar-refractivity contribution is 7.93. The molecule has 0 saturated carbocycles. The van der Waals surface area contributed by atoms with E-state index in [9.17, 15) is 12.8 Å². The number of nitrogens with one attached hydrogen (secondary N) is 1. The molecule has 0 fully saturated rings. The lowest BCUT2D eigenvalue weighted by Gasteiger charge is -2.22. The van der Waals surface area contributed by atoms with E-state index in [0.717, 1.165) is 0 Å². The smallest absolute Gasteiger partial charge is 0.243 e. The summed E-state index contributed by atoms with van der Waals surface area (Å²) in [6.07, 6.45) is 0. The van der Waals surface area contributed by atoms with Crippen LogP contribution in [0.5, 0.6) is 17.4 Å². The number of sulfonamides is 1. The second-order valence-corrected chi connectivity index (χ2v) is 10.5. The van der Waals surface area contributed by atoms with Gasteiger partial charge in [-0.25, -0.2) is 17.8 Å². The summed E-state index contributed by atoms with van der Waals surface area (Å²) in [5.74, 6) is 0.405. The van der Waals surface area contributed by atoms with Gasteiger partial charge in [-0.15, -0.1) is 10.2 Å². The van der Waals surface area contributed by atoms with Crippen LogP contribution in [0.3, 0.4) is 0 Å². The van der Waals surface area contributed by atoms with Crippen LogP contribution in [0.1, 0.15) is 25.3 Å². The maximum absolute atomic E-state index is 13.6. The van der Waals surface area contributed by atoms with E-state index in [4.69, 9.17) is 14.2 Å². The first-order chi connectivity index (χ1) is 18.2. The van der Waals surface area contributed by atoms with Crippen LogP contribution in [-0.4, -0.2) is 54.7 Å². The van der Waals surface area contributed by atoms with E-state index < -0.39 is 27.0 Å². The molecule has 0 amide bonds. The Morgan fingerprint density at radius 1 is 0.868 bits per heavy atom. The van der Waals surface area contributed by atoms with E-state index in [1.165, 1.54) is 38.0 Å². The first kappa shape index (κ1) is 26.9. The molecule has 4 aromatic rings. The van der Waals surface area contributed by atoms with Gasteiger partial charge in [-0.2, -0.15) is 0 Å². The molecule has 38 heavy (non-hydrogen) atoms. The van der Waals surface area contributed by atoms with Crippen molar-refractivity contribution in [2.45, 2.75) is 25.0 Å². The summed E-state index contributed by atoms with van der Waals surface area (Å²) in [5.41, 5.74) is 1.43. The third-order valence-corrected chi connectivity index (χ3v) is 8.13. The van der Waals surface area contributed by atoms with E-state index in [2.05, 4.69) is 19.9 Å². The maximum atomic E-state index is 13.6. The van der Waals surface area contributed by atoms with Gasteiger partial charge in [-0.3, -0.25) is 9.29 Å². The number of hydrogen-bond donors (Lipinski definition) is 1. The summed E-state index contributed by atoms with van der Waals surface area (Å²) in [7, 11) is 0.450. The predicted molar refractivity (Wildman–Crippen MR) is 141 cm³/mol. The van der Waals surface area contributed by atoms with E-state index in [-0.39, 0.29) is 11.8 Å². The molecule has 0 unspecified atom stereocenters. The zero-order valence-electron chi connectivity index (χ0n) is 21.5. The lowest BCUT2D eigenvalue weighted by molar-refractivity contribution is 0.391. The van der Waals surface area contributed by atoms with Gasteiger partial charge in [-0.1, -0.05) is 31.2 Å². The highest BCUT2D eigenvalue weighted by Crippen LogP contribution is 2.38. The van der Waals surface area contributed by atoms with Crippen LogP contribution in [-0.2, 0) is 10.0 Å². The minimum Gasteiger partial charge on any atom is -0.494 e. The number of ether oxygens (including phenoxy) is 3. The normalized spacial score (nSPS) is 13.0. The van der Waals surface area contributed by atoms with E-state index >= 15 is 0 Å². The highest BCUT2D eigenvalue weighted by Gasteiger charge is 2.31. The van der Waals surface area contributed by atoms with Crippen molar-refractivity contribution in [1.82, 2.24) is 19.7 Å². The van der Waals surface area contributed by atoms with Crippen molar-refractivity contribution in [2.24, 2.45) is 0 Å². The third-order valence-electron chi connectivity index (χ3n) is 6.27. The molecule has 0 aliphatic heterocycles. The number of halogens is 1. The highest BCUT2D eigenvalue weighted by atomic mass is 32.2. The topological polar surface area (TPSA) is 117 Å². The Labute approximate surface area is 220 Å². The van der Waals surface area contributed by atoms with Crippen LogP contribution in [0.25, 0.3) is 17.2 Å². The van der Waals surface area contributed by atoms with Crippen molar-refractivity contribution in [3.63, 3.8) is 0 Å². The quantitative estimate of drug-likeness (QED) is 0.313. The Morgan fingerprint density at radius 3 is 2.11 bits per heavy atom. The van der Waals surface area contributed by atoms with Crippen LogP contribution in [0.2, 0.25) is 0 Å². The Hall–Kier alpha value is -4.19. The minimum atomic E-state index is -4.02. The van der Waals surface area contributed by atoms with Crippen LogP contribution >= 0.6 is 0 Å². The molecule has 1 N–H and O–H groups in total. The molecule has 2 heterocycles. The fourth-order valence-corrected chi connectivity index (χ4v) is 5.23. The molecule has 0 radical (unpaired) electrons. The molecule has 0 aliphatic carbocycles. The van der Waals surface area contributed by atoms with E-state index in [1.54, 1.807) is 62.4 Å². The number of rotatable bonds is 10. The van der Waals surface area contributed by atoms with Gasteiger partial charge < -0.3 is 14.2 Å². The summed E-state index contributed by atoms with van der Waals surface area (Å²) < 4.78 is 61.0. The fourth-order valence-electron chi connectivity index (χ4n) is 3.96. The van der Waals surface area contributed by atoms with Gasteiger partial charge in [0.25, 0.3) is 0 Å². The van der Waals surface area contributed by atoms with Crippen LogP contribution in [0, 0.1) is 5.82 Å². The second-order valence-electron chi connectivity index (χ2n) is 8.45. The number of para-hydroxylation sites is 1. The van der Waals surface area contributed by atoms with Gasteiger partial charge >= 0.3 is 0 Å². The van der Waals surface area contributed by atoms with Crippen molar-refractivity contribution in [3.8, 4) is 34.6 Å². The Morgan fingerprint density at radius 2 is 1.50 bits per heavy atom. The van der Waals surface area contributed by atoms with Crippen molar-refractivity contribution in [2.75, 3.05) is 26.1 Å². The zero-order valence-corrected chi connectivity index (χ0v) is 22.4. The maximum Gasteiger partial charge on any atom is 0.243 e. The summed E-state index contributed by atoms with van der Waals surface area (Å²) in [6, 6.07) is 16.0. The van der Waals surface area contributed by atoms with E-state index in [0.29, 0.717) is 34.3 Å². The van der Waals surface area contributed by atoms with Crippen molar-refractivity contribution < 1.29 is 27.0 Å². The molecule has 0 aliphatic rings.